The molecule has 0 fully saturated rings. The summed E-state index contributed by atoms with van der Waals surface area (Å²) in [5.41, 5.74) is 1.79. The first-order valence-corrected chi connectivity index (χ1v) is 25.5. The average molecular weight is 793 g/mol. The van der Waals surface area contributed by atoms with Gasteiger partial charge in [0, 0.05) is 15.4 Å². The van der Waals surface area contributed by atoms with Gasteiger partial charge in [0.2, 0.25) is 0 Å². The van der Waals surface area contributed by atoms with Crippen molar-refractivity contribution in [2.24, 2.45) is 0 Å². The van der Waals surface area contributed by atoms with E-state index >= 15 is 0 Å². The number of ether oxygens (including phenoxy) is 1. The topological polar surface area (TPSA) is 26.3 Å². The number of rotatable bonds is 39. The molecule has 0 atom stereocenters. The molecule has 0 N–H and O–H groups in total. The Morgan fingerprint density at radius 3 is 1.42 bits per heavy atom. The highest BCUT2D eigenvalue weighted by Gasteiger charge is 2.10. The Morgan fingerprint density at radius 1 is 0.491 bits per heavy atom. The molecule has 0 unspecified atom stereocenters. The highest BCUT2D eigenvalue weighted by molar-refractivity contribution is 8.02. The van der Waals surface area contributed by atoms with Gasteiger partial charge >= 0.3 is 0 Å². The molecule has 2 aromatic carbocycles. The van der Waals surface area contributed by atoms with Gasteiger partial charge in [0.1, 0.15) is 5.75 Å². The standard InChI is InChI=1S/C51H84O2S2/c1-4-7-10-13-16-17-18-19-20-21-22-23-24-25-26-27-28-31-41-53-48-36-34-35-46(44-48)37-39-49(52)47-38-40-50(54-42-32-29-14-11-8-5-2)51(45-47)55-43-33-30-15-12-9-6-3/h34-40,44-45H,4-33,41-43H2,1-3H3/b39-37+. The molecule has 0 aromatic heterocycles. The molecule has 0 amide bonds. The van der Waals surface area contributed by atoms with Gasteiger partial charge in [0.25, 0.3) is 0 Å². The maximum atomic E-state index is 13.4. The molecular formula is C51H84O2S2. The third-order valence-electron chi connectivity index (χ3n) is 10.8. The number of allylic oxidation sites excluding steroid dienone is 1. The molecule has 0 saturated carbocycles. The predicted octanol–water partition coefficient (Wildman–Crippen LogP) is 17.9. The molecule has 0 radical (unpaired) electrons. The van der Waals surface area contributed by atoms with Crippen molar-refractivity contribution in [3.8, 4) is 5.75 Å². The molecule has 4 heteroatoms. The van der Waals surface area contributed by atoms with E-state index in [2.05, 4.69) is 45.0 Å². The maximum absolute atomic E-state index is 13.4. The van der Waals surface area contributed by atoms with E-state index in [4.69, 9.17) is 4.74 Å². The van der Waals surface area contributed by atoms with Crippen LogP contribution in [0.15, 0.2) is 58.3 Å². The summed E-state index contributed by atoms with van der Waals surface area (Å²) in [6.45, 7) is 7.61. The van der Waals surface area contributed by atoms with Gasteiger partial charge in [-0.15, -0.1) is 23.5 Å². The van der Waals surface area contributed by atoms with E-state index in [1.807, 2.05) is 47.8 Å². The Kier molecular flexibility index (Phi) is 33.0. The number of thioether (sulfide) groups is 2. The van der Waals surface area contributed by atoms with Crippen molar-refractivity contribution >= 4 is 35.4 Å². The van der Waals surface area contributed by atoms with Gasteiger partial charge < -0.3 is 4.74 Å². The Morgan fingerprint density at radius 2 is 0.927 bits per heavy atom. The Bertz CT molecular complexity index is 1210. The lowest BCUT2D eigenvalue weighted by Gasteiger charge is -2.11. The van der Waals surface area contributed by atoms with Crippen LogP contribution in [-0.4, -0.2) is 23.9 Å². The molecule has 0 aliphatic rings. The van der Waals surface area contributed by atoms with Crippen LogP contribution in [0.3, 0.4) is 0 Å². The molecule has 0 spiro atoms. The second-order valence-electron chi connectivity index (χ2n) is 16.0. The van der Waals surface area contributed by atoms with E-state index in [9.17, 15) is 4.79 Å². The first-order valence-electron chi connectivity index (χ1n) is 23.5. The molecule has 2 rings (SSSR count). The summed E-state index contributed by atoms with van der Waals surface area (Å²) in [6.07, 6.45) is 44.5. The van der Waals surface area contributed by atoms with Crippen molar-refractivity contribution in [3.05, 3.63) is 59.7 Å². The third-order valence-corrected chi connectivity index (χ3v) is 13.2. The molecule has 0 aliphatic heterocycles. The van der Waals surface area contributed by atoms with Gasteiger partial charge in [-0.05, 0) is 72.7 Å². The van der Waals surface area contributed by atoms with Crippen LogP contribution in [0.2, 0.25) is 0 Å². The van der Waals surface area contributed by atoms with Gasteiger partial charge in [-0.2, -0.15) is 0 Å². The summed E-state index contributed by atoms with van der Waals surface area (Å²) in [5, 5.41) is 0. The normalized spacial score (nSPS) is 11.5. The van der Waals surface area contributed by atoms with E-state index in [-0.39, 0.29) is 5.78 Å². The highest BCUT2D eigenvalue weighted by atomic mass is 32.2. The minimum absolute atomic E-state index is 0.0685. The van der Waals surface area contributed by atoms with Crippen molar-refractivity contribution < 1.29 is 9.53 Å². The van der Waals surface area contributed by atoms with Crippen LogP contribution in [0.5, 0.6) is 5.75 Å². The number of ketones is 1. The monoisotopic (exact) mass is 793 g/mol. The van der Waals surface area contributed by atoms with Crippen LogP contribution in [0.1, 0.15) is 229 Å². The Hall–Kier alpha value is -1.65. The second kappa shape index (κ2) is 36.7. The molecule has 0 aliphatic carbocycles. The van der Waals surface area contributed by atoms with Crippen LogP contribution in [0.4, 0.5) is 0 Å². The number of benzene rings is 2. The summed E-state index contributed by atoms with van der Waals surface area (Å²) in [4.78, 5) is 16.0. The fraction of sp³-hybridized carbons (Fsp3) is 0.706. The summed E-state index contributed by atoms with van der Waals surface area (Å²) in [5.74, 6) is 3.24. The summed E-state index contributed by atoms with van der Waals surface area (Å²) in [7, 11) is 0. The first-order chi connectivity index (χ1) is 27.2. The summed E-state index contributed by atoms with van der Waals surface area (Å²) >= 11 is 3.92. The van der Waals surface area contributed by atoms with Crippen LogP contribution < -0.4 is 4.74 Å². The third kappa shape index (κ3) is 27.6. The molecule has 2 nitrogen and oxygen atoms in total. The van der Waals surface area contributed by atoms with Crippen LogP contribution in [0, 0.1) is 0 Å². The second-order valence-corrected chi connectivity index (χ2v) is 18.3. The number of carbonyl (C=O) groups excluding carboxylic acids is 1. The summed E-state index contributed by atoms with van der Waals surface area (Å²) < 4.78 is 6.11. The number of hydrogen-bond donors (Lipinski definition) is 0. The van der Waals surface area contributed by atoms with E-state index in [1.165, 1.54) is 196 Å². The van der Waals surface area contributed by atoms with Crippen molar-refractivity contribution in [3.63, 3.8) is 0 Å². The van der Waals surface area contributed by atoms with Crippen molar-refractivity contribution in [2.75, 3.05) is 18.1 Å². The van der Waals surface area contributed by atoms with Crippen molar-refractivity contribution in [2.45, 2.75) is 223 Å². The van der Waals surface area contributed by atoms with Gasteiger partial charge in [0.05, 0.1) is 6.61 Å². The van der Waals surface area contributed by atoms with Crippen molar-refractivity contribution in [1.82, 2.24) is 0 Å². The Labute approximate surface area is 350 Å². The van der Waals surface area contributed by atoms with Gasteiger partial charge in [-0.1, -0.05) is 212 Å². The van der Waals surface area contributed by atoms with Crippen LogP contribution >= 0.6 is 23.5 Å². The average Bonchev–Trinajstić information content (AvgIpc) is 3.20. The molecule has 2 aromatic rings. The quantitative estimate of drug-likeness (QED) is 0.0291. The predicted molar refractivity (Wildman–Crippen MR) is 249 cm³/mol. The largest absolute Gasteiger partial charge is 0.494 e. The van der Waals surface area contributed by atoms with E-state index < -0.39 is 0 Å². The van der Waals surface area contributed by atoms with E-state index in [0.29, 0.717) is 0 Å². The van der Waals surface area contributed by atoms with Crippen molar-refractivity contribution in [1.29, 1.82) is 0 Å². The zero-order valence-electron chi connectivity index (χ0n) is 36.2. The number of unbranched alkanes of at least 4 members (excludes halogenated alkanes) is 27. The van der Waals surface area contributed by atoms with E-state index in [1.54, 1.807) is 6.08 Å². The first kappa shape index (κ1) is 49.5. The fourth-order valence-corrected chi connectivity index (χ4v) is 9.47. The lowest BCUT2D eigenvalue weighted by molar-refractivity contribution is 0.104. The SMILES string of the molecule is CCCCCCCCCCCCCCCCCCCCOc1cccc(/C=C/C(=O)c2ccc(SCCCCCCCC)c(SCCCCCCCC)c2)c1. The van der Waals surface area contributed by atoms with E-state index in [0.717, 1.165) is 41.4 Å². The highest BCUT2D eigenvalue weighted by Crippen LogP contribution is 2.34. The zero-order valence-corrected chi connectivity index (χ0v) is 37.8. The smallest absolute Gasteiger partial charge is 0.185 e. The molecule has 0 saturated heterocycles. The lowest BCUT2D eigenvalue weighted by Crippen LogP contribution is -1.98. The van der Waals surface area contributed by atoms with Gasteiger partial charge in [0.15, 0.2) is 5.78 Å². The zero-order chi connectivity index (χ0) is 39.3. The van der Waals surface area contributed by atoms with Crippen LogP contribution in [-0.2, 0) is 0 Å². The minimum Gasteiger partial charge on any atom is -0.494 e. The molecule has 0 heterocycles. The molecule has 312 valence electrons. The molecular weight excluding hydrogens is 709 g/mol. The molecule has 55 heavy (non-hydrogen) atoms. The summed E-state index contributed by atoms with van der Waals surface area (Å²) in [6, 6.07) is 14.5. The Balaban J connectivity index is 1.67. The van der Waals surface area contributed by atoms with Gasteiger partial charge in [-0.3, -0.25) is 4.79 Å². The molecule has 0 bridgehead atoms. The fourth-order valence-electron chi connectivity index (χ4n) is 7.19. The maximum Gasteiger partial charge on any atom is 0.185 e. The lowest BCUT2D eigenvalue weighted by atomic mass is 10.0. The minimum atomic E-state index is 0.0685. The number of hydrogen-bond acceptors (Lipinski definition) is 4. The number of carbonyl (C=O) groups is 1. The van der Waals surface area contributed by atoms with Crippen LogP contribution in [0.25, 0.3) is 6.08 Å². The van der Waals surface area contributed by atoms with Gasteiger partial charge in [-0.25, -0.2) is 0 Å².